The molecule has 0 bridgehead atoms. The molecule has 0 aromatic carbocycles. The van der Waals surface area contributed by atoms with Crippen molar-refractivity contribution in [1.29, 1.82) is 0 Å². The van der Waals surface area contributed by atoms with Crippen molar-refractivity contribution in [2.45, 2.75) is 26.2 Å². The van der Waals surface area contributed by atoms with Gasteiger partial charge in [-0.2, -0.15) is 0 Å². The van der Waals surface area contributed by atoms with Crippen LogP contribution in [0.25, 0.3) is 0 Å². The summed E-state index contributed by atoms with van der Waals surface area (Å²) in [6.45, 7) is 6.36. The highest BCUT2D eigenvalue weighted by Gasteiger charge is 2.20. The Labute approximate surface area is 84.9 Å². The van der Waals surface area contributed by atoms with Crippen LogP contribution in [0.2, 0.25) is 0 Å². The van der Waals surface area contributed by atoms with E-state index in [0.29, 0.717) is 4.88 Å². The zero-order chi connectivity index (χ0) is 9.35. The van der Waals surface area contributed by atoms with Crippen molar-refractivity contribution in [2.24, 2.45) is 0 Å². The van der Waals surface area contributed by atoms with Crippen molar-refractivity contribution in [3.8, 4) is 0 Å². The Balaban J connectivity index is 3.19. The summed E-state index contributed by atoms with van der Waals surface area (Å²) in [6.07, 6.45) is 1.91. The predicted octanol–water partition coefficient (Wildman–Crippen LogP) is 3.27. The van der Waals surface area contributed by atoms with Crippen LogP contribution in [0.4, 0.5) is 0 Å². The van der Waals surface area contributed by atoms with Crippen LogP contribution in [0.5, 0.6) is 0 Å². The molecule has 1 aromatic heterocycles. The SMILES string of the molecule is CC(C)(C)c1csc([C]=O)c1Br. The first-order valence-corrected chi connectivity index (χ1v) is 5.29. The standard InChI is InChI=1S/C9H10BrOS/c1-9(2,3)6-5-12-7(4-11)8(6)10/h5H,1-3H3. The topological polar surface area (TPSA) is 17.1 Å². The van der Waals surface area contributed by atoms with Gasteiger partial charge in [-0.15, -0.1) is 11.3 Å². The second kappa shape index (κ2) is 3.30. The van der Waals surface area contributed by atoms with E-state index in [1.807, 2.05) is 11.7 Å². The van der Waals surface area contributed by atoms with Gasteiger partial charge in [0.15, 0.2) is 0 Å². The molecule has 0 aliphatic carbocycles. The number of hydrogen-bond donors (Lipinski definition) is 0. The maximum atomic E-state index is 10.4. The highest BCUT2D eigenvalue weighted by molar-refractivity contribution is 9.10. The number of thiophene rings is 1. The first-order valence-electron chi connectivity index (χ1n) is 3.62. The molecule has 3 heteroatoms. The maximum absolute atomic E-state index is 10.4. The van der Waals surface area contributed by atoms with Gasteiger partial charge in [0, 0.05) is 4.47 Å². The Morgan fingerprint density at radius 2 is 2.08 bits per heavy atom. The molecule has 0 aliphatic rings. The van der Waals surface area contributed by atoms with Crippen LogP contribution in [0.15, 0.2) is 9.85 Å². The van der Waals surface area contributed by atoms with Gasteiger partial charge in [0.25, 0.3) is 0 Å². The third kappa shape index (κ3) is 1.77. The predicted molar refractivity (Wildman–Crippen MR) is 55.5 cm³/mol. The Hall–Kier alpha value is -0.150. The van der Waals surface area contributed by atoms with Gasteiger partial charge in [0.05, 0.1) is 4.88 Å². The fourth-order valence-corrected chi connectivity index (χ4v) is 3.11. The highest BCUT2D eigenvalue weighted by Crippen LogP contribution is 2.35. The van der Waals surface area contributed by atoms with Crippen LogP contribution in [0.1, 0.15) is 31.2 Å². The summed E-state index contributed by atoms with van der Waals surface area (Å²) in [5.74, 6) is 0. The molecule has 1 radical (unpaired) electrons. The molecule has 0 spiro atoms. The first-order chi connectivity index (χ1) is 5.46. The number of rotatable bonds is 1. The van der Waals surface area contributed by atoms with Gasteiger partial charge in [-0.1, -0.05) is 20.8 Å². The minimum absolute atomic E-state index is 0.0877. The molecule has 0 saturated heterocycles. The van der Waals surface area contributed by atoms with E-state index < -0.39 is 0 Å². The monoisotopic (exact) mass is 245 g/mol. The summed E-state index contributed by atoms with van der Waals surface area (Å²) in [5, 5.41) is 2.00. The van der Waals surface area contributed by atoms with Gasteiger partial charge < -0.3 is 0 Å². The van der Waals surface area contributed by atoms with Gasteiger partial charge in [-0.25, -0.2) is 0 Å². The van der Waals surface area contributed by atoms with Gasteiger partial charge in [0.1, 0.15) is 0 Å². The van der Waals surface area contributed by atoms with E-state index in [-0.39, 0.29) is 5.41 Å². The minimum Gasteiger partial charge on any atom is -0.284 e. The van der Waals surface area contributed by atoms with E-state index in [2.05, 4.69) is 36.7 Å². The summed E-state index contributed by atoms with van der Waals surface area (Å²) in [4.78, 5) is 11.1. The summed E-state index contributed by atoms with van der Waals surface area (Å²) in [6, 6.07) is 0. The number of halogens is 1. The zero-order valence-electron chi connectivity index (χ0n) is 7.27. The van der Waals surface area contributed by atoms with Gasteiger partial charge in [-0.3, -0.25) is 4.79 Å². The number of carbonyl (C=O) groups excluding carboxylic acids is 1. The second-order valence-corrected chi connectivity index (χ2v) is 5.32. The van der Waals surface area contributed by atoms with Crippen LogP contribution < -0.4 is 0 Å². The normalized spacial score (nSPS) is 11.7. The van der Waals surface area contributed by atoms with Gasteiger partial charge in [-0.05, 0) is 32.3 Å². The lowest BCUT2D eigenvalue weighted by Gasteiger charge is -2.17. The molecule has 0 N–H and O–H groups in total. The van der Waals surface area contributed by atoms with Crippen LogP contribution in [-0.4, -0.2) is 6.29 Å². The molecule has 65 valence electrons. The Bertz CT molecular complexity index is 296. The van der Waals surface area contributed by atoms with E-state index in [1.54, 1.807) is 0 Å². The van der Waals surface area contributed by atoms with E-state index >= 15 is 0 Å². The molecule has 0 aliphatic heterocycles. The molecule has 1 rings (SSSR count). The molecule has 0 unspecified atom stereocenters. The van der Waals surface area contributed by atoms with E-state index in [9.17, 15) is 4.79 Å². The Morgan fingerprint density at radius 1 is 1.50 bits per heavy atom. The Kier molecular flexibility index (Phi) is 2.74. The average Bonchev–Trinajstić information content (AvgIpc) is 2.29. The zero-order valence-corrected chi connectivity index (χ0v) is 9.67. The largest absolute Gasteiger partial charge is 0.284 e. The third-order valence-corrected chi connectivity index (χ3v) is 3.59. The lowest BCUT2D eigenvalue weighted by molar-refractivity contribution is 0.563. The van der Waals surface area contributed by atoms with Gasteiger partial charge in [0.2, 0.25) is 6.29 Å². The maximum Gasteiger partial charge on any atom is 0.245 e. The van der Waals surface area contributed by atoms with Crippen LogP contribution in [0, 0.1) is 0 Å². The smallest absolute Gasteiger partial charge is 0.245 e. The molecule has 12 heavy (non-hydrogen) atoms. The average molecular weight is 246 g/mol. The fourth-order valence-electron chi connectivity index (χ4n) is 0.919. The van der Waals surface area contributed by atoms with Crippen molar-refractivity contribution < 1.29 is 4.79 Å². The lowest BCUT2D eigenvalue weighted by Crippen LogP contribution is -2.10. The van der Waals surface area contributed by atoms with Crippen molar-refractivity contribution >= 4 is 33.6 Å². The van der Waals surface area contributed by atoms with Crippen molar-refractivity contribution in [1.82, 2.24) is 0 Å². The molecule has 0 fully saturated rings. The fraction of sp³-hybridized carbons (Fsp3) is 0.444. The van der Waals surface area contributed by atoms with Crippen molar-refractivity contribution in [3.05, 3.63) is 20.3 Å². The highest BCUT2D eigenvalue weighted by atomic mass is 79.9. The van der Waals surface area contributed by atoms with Crippen LogP contribution >= 0.6 is 27.3 Å². The molecule has 1 aromatic rings. The minimum atomic E-state index is 0.0877. The van der Waals surface area contributed by atoms with Crippen LogP contribution in [-0.2, 0) is 10.2 Å². The molecule has 0 amide bonds. The second-order valence-electron chi connectivity index (χ2n) is 3.64. The molecule has 0 atom stereocenters. The summed E-state index contributed by atoms with van der Waals surface area (Å²) in [5.41, 5.74) is 1.26. The molecular formula is C9H10BrOS. The lowest BCUT2D eigenvalue weighted by atomic mass is 9.89. The van der Waals surface area contributed by atoms with E-state index in [0.717, 1.165) is 4.47 Å². The van der Waals surface area contributed by atoms with Gasteiger partial charge >= 0.3 is 0 Å². The first kappa shape index (κ1) is 9.93. The van der Waals surface area contributed by atoms with E-state index in [4.69, 9.17) is 0 Å². The van der Waals surface area contributed by atoms with Crippen molar-refractivity contribution in [2.75, 3.05) is 0 Å². The number of hydrogen-bond acceptors (Lipinski definition) is 2. The van der Waals surface area contributed by atoms with Crippen molar-refractivity contribution in [3.63, 3.8) is 0 Å². The summed E-state index contributed by atoms with van der Waals surface area (Å²) in [7, 11) is 0. The quantitative estimate of drug-likeness (QED) is 0.743. The molecule has 1 heterocycles. The summed E-state index contributed by atoms with van der Waals surface area (Å²) < 4.78 is 0.898. The van der Waals surface area contributed by atoms with Crippen LogP contribution in [0.3, 0.4) is 0 Å². The molecule has 0 saturated carbocycles. The summed E-state index contributed by atoms with van der Waals surface area (Å²) >= 11 is 4.83. The molecule has 1 nitrogen and oxygen atoms in total. The third-order valence-electron chi connectivity index (χ3n) is 1.63. The molecular weight excluding hydrogens is 236 g/mol. The Morgan fingerprint density at radius 3 is 2.33 bits per heavy atom. The van der Waals surface area contributed by atoms with E-state index in [1.165, 1.54) is 16.9 Å².